The molecule has 1 aliphatic heterocycles. The van der Waals surface area contributed by atoms with Gasteiger partial charge in [-0.25, -0.2) is 9.79 Å². The Labute approximate surface area is 203 Å². The number of ether oxygens (including phenoxy) is 2. The van der Waals surface area contributed by atoms with Gasteiger partial charge in [0.25, 0.3) is 0 Å². The number of ketones is 1. The first kappa shape index (κ1) is 27.2. The topological polar surface area (TPSA) is 77.3 Å². The van der Waals surface area contributed by atoms with Crippen LogP contribution in [0, 0.1) is 5.41 Å². The van der Waals surface area contributed by atoms with Gasteiger partial charge in [0.2, 0.25) is 0 Å². The molecule has 2 aliphatic rings. The fraction of sp³-hybridized carbons (Fsp3) is 0.500. The van der Waals surface area contributed by atoms with E-state index in [-0.39, 0.29) is 29.1 Å². The van der Waals surface area contributed by atoms with Crippen LogP contribution >= 0.6 is 0 Å². The fourth-order valence-corrected chi connectivity index (χ4v) is 3.83. The average molecular weight is 467 g/mol. The molecule has 1 heterocycles. The van der Waals surface area contributed by atoms with Gasteiger partial charge in [0.1, 0.15) is 11.5 Å². The smallest absolute Gasteiger partial charge is 0.340 e. The van der Waals surface area contributed by atoms with Crippen molar-refractivity contribution in [3.8, 4) is 0 Å². The summed E-state index contributed by atoms with van der Waals surface area (Å²) in [5, 5.41) is 0. The van der Waals surface area contributed by atoms with Crippen LogP contribution in [-0.4, -0.2) is 36.9 Å². The summed E-state index contributed by atoms with van der Waals surface area (Å²) < 4.78 is 11.3. The third-order valence-electron chi connectivity index (χ3n) is 6.26. The van der Waals surface area contributed by atoms with Crippen LogP contribution in [0.4, 0.5) is 0 Å². The summed E-state index contributed by atoms with van der Waals surface area (Å²) in [4.78, 5) is 35.3. The predicted octanol–water partition coefficient (Wildman–Crippen LogP) is 6.22. The molecule has 2 rings (SSSR count). The highest BCUT2D eigenvalue weighted by atomic mass is 16.5. The molecule has 0 radical (unpaired) electrons. The van der Waals surface area contributed by atoms with Gasteiger partial charge in [-0.2, -0.15) is 0 Å². The molecule has 1 atom stereocenters. The lowest BCUT2D eigenvalue weighted by Crippen LogP contribution is -2.28. The SMILES string of the molecule is C=C(OCCC)C(=NC1=C(C)C(=O)CC(C)(CC)C1)/C(C(=O)OCC)=C(\C)C1=CN=CCC=C1. The molecule has 1 unspecified atom stereocenters. The molecule has 6 nitrogen and oxygen atoms in total. The number of carbonyl (C=O) groups is 2. The minimum Gasteiger partial charge on any atom is -0.492 e. The number of hydrogen-bond acceptors (Lipinski definition) is 6. The molecular weight excluding hydrogens is 428 g/mol. The quantitative estimate of drug-likeness (QED) is 0.166. The minimum atomic E-state index is -0.513. The first-order valence-corrected chi connectivity index (χ1v) is 12.1. The monoisotopic (exact) mass is 466 g/mol. The maximum absolute atomic E-state index is 13.3. The zero-order valence-electron chi connectivity index (χ0n) is 21.5. The van der Waals surface area contributed by atoms with Gasteiger partial charge in [0.05, 0.1) is 18.8 Å². The normalized spacial score (nSPS) is 21.6. The molecule has 0 bridgehead atoms. The van der Waals surface area contributed by atoms with Crippen molar-refractivity contribution >= 4 is 23.7 Å². The second kappa shape index (κ2) is 12.4. The second-order valence-electron chi connectivity index (χ2n) is 9.02. The van der Waals surface area contributed by atoms with Gasteiger partial charge in [-0.05, 0) is 56.6 Å². The number of nitrogens with zero attached hydrogens (tertiary/aromatic N) is 2. The molecule has 1 aliphatic carbocycles. The van der Waals surface area contributed by atoms with Gasteiger partial charge in [-0.3, -0.25) is 9.79 Å². The average Bonchev–Trinajstić information content (AvgIpc) is 3.10. The highest BCUT2D eigenvalue weighted by Crippen LogP contribution is 2.40. The Bertz CT molecular complexity index is 1010. The predicted molar refractivity (Wildman–Crippen MR) is 138 cm³/mol. The van der Waals surface area contributed by atoms with Crippen LogP contribution < -0.4 is 0 Å². The largest absolute Gasteiger partial charge is 0.492 e. The van der Waals surface area contributed by atoms with Crippen LogP contribution in [0.15, 0.2) is 68.7 Å². The van der Waals surface area contributed by atoms with Crippen LogP contribution in [0.5, 0.6) is 0 Å². The number of esters is 1. The molecule has 184 valence electrons. The van der Waals surface area contributed by atoms with Crippen molar-refractivity contribution in [1.29, 1.82) is 0 Å². The van der Waals surface area contributed by atoms with Gasteiger partial charge in [-0.1, -0.05) is 39.5 Å². The first-order chi connectivity index (χ1) is 16.2. The lowest BCUT2D eigenvalue weighted by molar-refractivity contribution is -0.137. The van der Waals surface area contributed by atoms with Crippen LogP contribution in [-0.2, 0) is 19.1 Å². The van der Waals surface area contributed by atoms with Crippen molar-refractivity contribution in [1.82, 2.24) is 0 Å². The van der Waals surface area contributed by atoms with Gasteiger partial charge in [0, 0.05) is 36.5 Å². The number of hydrogen-bond donors (Lipinski definition) is 0. The number of Topliss-reactive ketones (excluding diaryl/α,β-unsaturated/α-hetero) is 1. The summed E-state index contributed by atoms with van der Waals surface area (Å²) in [6, 6.07) is 0. The van der Waals surface area contributed by atoms with Gasteiger partial charge in [-0.15, -0.1) is 0 Å². The van der Waals surface area contributed by atoms with Crippen molar-refractivity contribution in [2.24, 2.45) is 15.4 Å². The van der Waals surface area contributed by atoms with E-state index in [2.05, 4.69) is 25.4 Å². The standard InChI is InChI=1S/C28H38N2O4/c1-8-15-34-21(6)26(30-23-16-28(7,9-2)17-24(31)20(23)5)25(27(32)33-10-3)19(4)22-13-11-12-14-29-18-22/h11,13-14,18H,6,8-10,12,15-17H2,1-5,7H3/b25-19-,30-26?. The Morgan fingerprint density at radius 2 is 1.97 bits per heavy atom. The summed E-state index contributed by atoms with van der Waals surface area (Å²) in [6.07, 6.45) is 10.9. The maximum atomic E-state index is 13.3. The van der Waals surface area contributed by atoms with E-state index < -0.39 is 5.97 Å². The van der Waals surface area contributed by atoms with E-state index in [1.165, 1.54) is 0 Å². The van der Waals surface area contributed by atoms with E-state index in [0.717, 1.165) is 18.4 Å². The minimum absolute atomic E-state index is 0.0796. The number of allylic oxidation sites excluding steroid dienone is 7. The molecule has 0 fully saturated rings. The van der Waals surface area contributed by atoms with E-state index in [1.54, 1.807) is 26.3 Å². The van der Waals surface area contributed by atoms with Crippen LogP contribution in [0.2, 0.25) is 0 Å². The summed E-state index contributed by atoms with van der Waals surface area (Å²) >= 11 is 0. The lowest BCUT2D eigenvalue weighted by atomic mass is 9.73. The third kappa shape index (κ3) is 6.75. The summed E-state index contributed by atoms with van der Waals surface area (Å²) in [7, 11) is 0. The van der Waals surface area contributed by atoms with E-state index in [1.807, 2.05) is 26.0 Å². The van der Waals surface area contributed by atoms with Crippen LogP contribution in [0.25, 0.3) is 0 Å². The summed E-state index contributed by atoms with van der Waals surface area (Å²) in [6.45, 7) is 16.3. The third-order valence-corrected chi connectivity index (χ3v) is 6.26. The Morgan fingerprint density at radius 3 is 2.62 bits per heavy atom. The number of carbonyl (C=O) groups excluding carboxylic acids is 2. The maximum Gasteiger partial charge on any atom is 0.340 e. The van der Waals surface area contributed by atoms with Crippen molar-refractivity contribution in [2.45, 2.75) is 73.6 Å². The molecule has 0 spiro atoms. The molecule has 6 heteroatoms. The van der Waals surface area contributed by atoms with Gasteiger partial charge < -0.3 is 9.47 Å². The van der Waals surface area contributed by atoms with Gasteiger partial charge >= 0.3 is 5.97 Å². The van der Waals surface area contributed by atoms with Gasteiger partial charge in [0.15, 0.2) is 5.78 Å². The van der Waals surface area contributed by atoms with E-state index in [4.69, 9.17) is 14.5 Å². The first-order valence-electron chi connectivity index (χ1n) is 12.1. The second-order valence-corrected chi connectivity index (χ2v) is 9.02. The van der Waals surface area contributed by atoms with E-state index in [0.29, 0.717) is 48.4 Å². The molecule has 34 heavy (non-hydrogen) atoms. The Hall–Kier alpha value is -3.02. The number of rotatable bonds is 10. The molecule has 0 aromatic carbocycles. The fourth-order valence-electron chi connectivity index (χ4n) is 3.83. The van der Waals surface area contributed by atoms with Crippen molar-refractivity contribution in [2.75, 3.05) is 13.2 Å². The lowest BCUT2D eigenvalue weighted by Gasteiger charge is -2.33. The zero-order valence-corrected chi connectivity index (χ0v) is 21.5. The molecule has 0 aromatic rings. The van der Waals surface area contributed by atoms with Crippen molar-refractivity contribution in [3.05, 3.63) is 58.7 Å². The van der Waals surface area contributed by atoms with Crippen LogP contribution in [0.1, 0.15) is 73.6 Å². The number of aliphatic imine (C=N–C) groups is 2. The van der Waals surface area contributed by atoms with Crippen molar-refractivity contribution in [3.63, 3.8) is 0 Å². The highest BCUT2D eigenvalue weighted by molar-refractivity contribution is 6.27. The van der Waals surface area contributed by atoms with Crippen molar-refractivity contribution < 1.29 is 19.1 Å². The highest BCUT2D eigenvalue weighted by Gasteiger charge is 2.35. The molecule has 0 N–H and O–H groups in total. The summed E-state index contributed by atoms with van der Waals surface area (Å²) in [5.41, 5.74) is 3.10. The molecule has 0 saturated carbocycles. The van der Waals surface area contributed by atoms with Crippen LogP contribution in [0.3, 0.4) is 0 Å². The molecule has 0 aromatic heterocycles. The Morgan fingerprint density at radius 1 is 1.24 bits per heavy atom. The molecular formula is C28H38N2O4. The van der Waals surface area contributed by atoms with E-state index in [9.17, 15) is 9.59 Å². The zero-order chi connectivity index (χ0) is 25.3. The van der Waals surface area contributed by atoms with E-state index >= 15 is 0 Å². The Balaban J connectivity index is 2.77. The summed E-state index contributed by atoms with van der Waals surface area (Å²) in [5.74, 6) is -0.153. The molecule has 0 amide bonds. The molecule has 0 saturated heterocycles. The Kier molecular flexibility index (Phi) is 9.97.